The minimum atomic E-state index is -0.285. The fourth-order valence-electron chi connectivity index (χ4n) is 6.70. The smallest absolute Gasteiger partial charge is 0.461 e. The molecule has 4 rings (SSSR count). The van der Waals surface area contributed by atoms with Gasteiger partial charge in [-0.3, -0.25) is 4.79 Å². The van der Waals surface area contributed by atoms with E-state index in [1.54, 1.807) is 0 Å². The Morgan fingerprint density at radius 2 is 1.63 bits per heavy atom. The lowest BCUT2D eigenvalue weighted by Crippen LogP contribution is -2.43. The Bertz CT molecular complexity index is 840. The zero-order chi connectivity index (χ0) is 25.4. The fourth-order valence-corrected chi connectivity index (χ4v) is 6.70. The van der Waals surface area contributed by atoms with Crippen LogP contribution in [0.1, 0.15) is 79.2 Å². The Balaban J connectivity index is 1.41. The molecular weight excluding hydrogens is 439 g/mol. The van der Waals surface area contributed by atoms with E-state index in [0.717, 1.165) is 31.2 Å². The Morgan fingerprint density at radius 1 is 0.971 bits per heavy atom. The molecule has 194 valence electrons. The second-order valence-electron chi connectivity index (χ2n) is 12.4. The van der Waals surface area contributed by atoms with Crippen LogP contribution >= 0.6 is 0 Å². The quantitative estimate of drug-likeness (QED) is 0.350. The summed E-state index contributed by atoms with van der Waals surface area (Å²) < 4.78 is 24.5. The first-order valence-corrected chi connectivity index (χ1v) is 13.6. The van der Waals surface area contributed by atoms with Crippen molar-refractivity contribution in [1.82, 2.24) is 0 Å². The molecule has 5 nitrogen and oxygen atoms in total. The highest BCUT2D eigenvalue weighted by Gasteiger charge is 2.56. The minimum Gasteiger partial charge on any atom is -0.469 e. The van der Waals surface area contributed by atoms with Crippen molar-refractivity contribution in [3.63, 3.8) is 0 Å². The molecule has 2 aliphatic carbocycles. The highest BCUT2D eigenvalue weighted by molar-refractivity contribution is 6.47. The predicted octanol–water partition coefficient (Wildman–Crippen LogP) is 6.31. The lowest BCUT2D eigenvalue weighted by molar-refractivity contribution is -0.156. The van der Waals surface area contributed by atoms with Crippen LogP contribution in [0.2, 0.25) is 5.82 Å². The van der Waals surface area contributed by atoms with Crippen LogP contribution in [-0.2, 0) is 30.2 Å². The van der Waals surface area contributed by atoms with Crippen LogP contribution in [0.3, 0.4) is 0 Å². The molecule has 0 aromatic heterocycles. The molecule has 0 amide bonds. The third-order valence-corrected chi connectivity index (χ3v) is 9.62. The summed E-state index contributed by atoms with van der Waals surface area (Å²) >= 11 is 0. The van der Waals surface area contributed by atoms with Gasteiger partial charge in [0.25, 0.3) is 0 Å². The zero-order valence-corrected chi connectivity index (χ0v) is 22.8. The molecule has 0 bridgehead atoms. The summed E-state index contributed by atoms with van der Waals surface area (Å²) in [4.78, 5) is 12.6. The summed E-state index contributed by atoms with van der Waals surface area (Å²) in [6.45, 7) is 13.9. The van der Waals surface area contributed by atoms with Crippen molar-refractivity contribution >= 4 is 13.1 Å². The van der Waals surface area contributed by atoms with E-state index < -0.39 is 0 Å². The maximum atomic E-state index is 12.6. The van der Waals surface area contributed by atoms with Crippen molar-refractivity contribution in [2.45, 2.75) is 103 Å². The summed E-state index contributed by atoms with van der Waals surface area (Å²) in [5, 5.41) is 0. The standard InChI is InChI=1S/C29H45BO5/c1-19-16-25(30-34-28(3,4)29(5,6)35-30)20(2)15-24(19)22-13-14-23(27(31)32-7)26(17-22)33-18-21-11-9-8-10-12-21/h8-12,19-20,22-26H,13-18H2,1-7H3. The zero-order valence-electron chi connectivity index (χ0n) is 22.8. The molecule has 35 heavy (non-hydrogen) atoms. The Morgan fingerprint density at radius 3 is 2.26 bits per heavy atom. The average molecular weight is 484 g/mol. The van der Waals surface area contributed by atoms with Crippen molar-refractivity contribution in [1.29, 1.82) is 0 Å². The number of benzene rings is 1. The van der Waals surface area contributed by atoms with E-state index in [1.807, 2.05) is 18.2 Å². The van der Waals surface area contributed by atoms with E-state index in [0.29, 0.717) is 36.1 Å². The lowest BCUT2D eigenvalue weighted by atomic mass is 9.53. The van der Waals surface area contributed by atoms with E-state index in [-0.39, 0.29) is 36.3 Å². The van der Waals surface area contributed by atoms with Gasteiger partial charge >= 0.3 is 13.1 Å². The Hall–Kier alpha value is -1.37. The molecule has 1 heterocycles. The number of ether oxygens (including phenoxy) is 2. The molecule has 3 aliphatic rings. The Labute approximate surface area is 212 Å². The largest absolute Gasteiger partial charge is 0.469 e. The number of hydrogen-bond acceptors (Lipinski definition) is 5. The van der Waals surface area contributed by atoms with E-state index >= 15 is 0 Å². The van der Waals surface area contributed by atoms with Gasteiger partial charge in [0.15, 0.2) is 0 Å². The van der Waals surface area contributed by atoms with Crippen molar-refractivity contribution in [3.8, 4) is 0 Å². The summed E-state index contributed by atoms with van der Waals surface area (Å²) in [7, 11) is 1.36. The van der Waals surface area contributed by atoms with Crippen LogP contribution in [-0.4, -0.2) is 37.5 Å². The van der Waals surface area contributed by atoms with Crippen molar-refractivity contribution in [3.05, 3.63) is 35.9 Å². The molecule has 0 N–H and O–H groups in total. The van der Waals surface area contributed by atoms with Crippen LogP contribution < -0.4 is 0 Å². The average Bonchev–Trinajstić information content (AvgIpc) is 3.05. The number of esters is 1. The van der Waals surface area contributed by atoms with Gasteiger partial charge in [-0.2, -0.15) is 0 Å². The number of carbonyl (C=O) groups is 1. The van der Waals surface area contributed by atoms with E-state index in [2.05, 4.69) is 53.7 Å². The molecule has 1 aliphatic heterocycles. The fraction of sp³-hybridized carbons (Fsp3) is 0.759. The molecule has 6 heteroatoms. The summed E-state index contributed by atoms with van der Waals surface area (Å²) in [5.41, 5.74) is 0.572. The molecule has 1 saturated heterocycles. The number of rotatable bonds is 6. The predicted molar refractivity (Wildman–Crippen MR) is 139 cm³/mol. The van der Waals surface area contributed by atoms with E-state index in [9.17, 15) is 4.79 Å². The molecule has 0 radical (unpaired) electrons. The van der Waals surface area contributed by atoms with E-state index in [4.69, 9.17) is 18.8 Å². The third-order valence-electron chi connectivity index (χ3n) is 9.62. The molecule has 2 saturated carbocycles. The number of methoxy groups -OCH3 is 1. The van der Waals surface area contributed by atoms with Gasteiger partial charge in [0, 0.05) is 0 Å². The second-order valence-corrected chi connectivity index (χ2v) is 12.4. The van der Waals surface area contributed by atoms with Crippen molar-refractivity contribution in [2.75, 3.05) is 7.11 Å². The molecule has 7 atom stereocenters. The lowest BCUT2D eigenvalue weighted by Gasteiger charge is -2.46. The van der Waals surface area contributed by atoms with Crippen LogP contribution in [0, 0.1) is 29.6 Å². The normalized spacial score (nSPS) is 36.7. The monoisotopic (exact) mass is 484 g/mol. The highest BCUT2D eigenvalue weighted by atomic mass is 16.7. The van der Waals surface area contributed by atoms with E-state index in [1.165, 1.54) is 13.5 Å². The van der Waals surface area contributed by atoms with Gasteiger partial charge in [-0.25, -0.2) is 0 Å². The molecular formula is C29H45BO5. The van der Waals surface area contributed by atoms with Gasteiger partial charge in [-0.05, 0) is 94.9 Å². The van der Waals surface area contributed by atoms with Gasteiger partial charge in [0.2, 0.25) is 0 Å². The maximum Gasteiger partial charge on any atom is 0.461 e. The van der Waals surface area contributed by atoms with Gasteiger partial charge < -0.3 is 18.8 Å². The van der Waals surface area contributed by atoms with Crippen molar-refractivity contribution < 1.29 is 23.6 Å². The van der Waals surface area contributed by atoms with Gasteiger partial charge in [0.1, 0.15) is 0 Å². The molecule has 1 aromatic carbocycles. The maximum absolute atomic E-state index is 12.6. The first-order chi connectivity index (χ1) is 16.5. The molecule has 1 aromatic rings. The van der Waals surface area contributed by atoms with Crippen LogP contribution in [0.25, 0.3) is 0 Å². The summed E-state index contributed by atoms with van der Waals surface area (Å²) in [6, 6.07) is 10.2. The third kappa shape index (κ3) is 5.65. The van der Waals surface area contributed by atoms with Crippen LogP contribution in [0.15, 0.2) is 30.3 Å². The highest BCUT2D eigenvalue weighted by Crippen LogP contribution is 2.52. The first-order valence-electron chi connectivity index (χ1n) is 13.6. The number of hydrogen-bond donors (Lipinski definition) is 0. The SMILES string of the molecule is COC(=O)C1CCC(C2CC(C)C(B3OC(C)(C)C(C)(C)O3)CC2C)CC1OCc1ccccc1. The molecule has 0 spiro atoms. The summed E-state index contributed by atoms with van der Waals surface area (Å²) in [5.74, 6) is 2.43. The van der Waals surface area contributed by atoms with Crippen LogP contribution in [0.4, 0.5) is 0 Å². The molecule has 7 unspecified atom stereocenters. The molecule has 3 fully saturated rings. The minimum absolute atomic E-state index is 0.0928. The van der Waals surface area contributed by atoms with Gasteiger partial charge in [-0.1, -0.05) is 44.2 Å². The van der Waals surface area contributed by atoms with Gasteiger partial charge in [0.05, 0.1) is 36.9 Å². The van der Waals surface area contributed by atoms with Crippen LogP contribution in [0.5, 0.6) is 0 Å². The van der Waals surface area contributed by atoms with Crippen molar-refractivity contribution in [2.24, 2.45) is 29.6 Å². The van der Waals surface area contributed by atoms with Gasteiger partial charge in [-0.15, -0.1) is 0 Å². The Kier molecular flexibility index (Phi) is 8.05. The summed E-state index contributed by atoms with van der Waals surface area (Å²) in [6.07, 6.45) is 5.03. The first kappa shape index (κ1) is 26.7. The second kappa shape index (κ2) is 10.6. The topological polar surface area (TPSA) is 54.0 Å². The number of carbonyl (C=O) groups excluding carboxylic acids is 1.